The minimum atomic E-state index is -1.10. The van der Waals surface area contributed by atoms with E-state index in [9.17, 15) is 9.59 Å². The first kappa shape index (κ1) is 23.1. The number of carboxylic acid groups (broad SMARTS) is 1. The largest absolute Gasteiger partial charge is 0.478 e. The Morgan fingerprint density at radius 2 is 2.18 bits per heavy atom. The lowest BCUT2D eigenvalue weighted by atomic mass is 10.1. The molecule has 1 fully saturated rings. The number of carboxylic acids is 1. The lowest BCUT2D eigenvalue weighted by Crippen LogP contribution is -2.51. The maximum Gasteiger partial charge on any atom is 0.328 e. The second kappa shape index (κ2) is 9.84. The van der Waals surface area contributed by atoms with Crippen LogP contribution in [0.25, 0.3) is 11.7 Å². The molecule has 1 unspecified atom stereocenters. The Kier molecular flexibility index (Phi) is 6.90. The van der Waals surface area contributed by atoms with E-state index in [1.54, 1.807) is 17.5 Å². The van der Waals surface area contributed by atoms with Crippen LogP contribution in [0.3, 0.4) is 0 Å². The van der Waals surface area contributed by atoms with Crippen molar-refractivity contribution in [2.45, 2.75) is 45.6 Å². The van der Waals surface area contributed by atoms with Gasteiger partial charge in [-0.1, -0.05) is 13.8 Å². The monoisotopic (exact) mass is 467 g/mol. The number of piperazine rings is 1. The van der Waals surface area contributed by atoms with Crippen LogP contribution in [0.5, 0.6) is 0 Å². The summed E-state index contributed by atoms with van der Waals surface area (Å²) in [5.41, 5.74) is 2.79. The Balaban J connectivity index is 1.70. The average Bonchev–Trinajstić information content (AvgIpc) is 3.26. The van der Waals surface area contributed by atoms with Crippen molar-refractivity contribution in [1.29, 1.82) is 0 Å². The van der Waals surface area contributed by atoms with Crippen molar-refractivity contribution >= 4 is 34.8 Å². The second-order valence-electron chi connectivity index (χ2n) is 8.66. The van der Waals surface area contributed by atoms with Gasteiger partial charge in [0.2, 0.25) is 0 Å². The fourth-order valence-electron chi connectivity index (χ4n) is 3.97. The molecule has 0 spiro atoms. The van der Waals surface area contributed by atoms with Crippen molar-refractivity contribution < 1.29 is 9.90 Å². The van der Waals surface area contributed by atoms with Gasteiger partial charge in [-0.25, -0.2) is 14.8 Å². The van der Waals surface area contributed by atoms with Gasteiger partial charge in [-0.3, -0.25) is 9.20 Å². The van der Waals surface area contributed by atoms with Crippen LogP contribution in [0.15, 0.2) is 34.6 Å². The lowest BCUT2D eigenvalue weighted by molar-refractivity contribution is -0.131. The van der Waals surface area contributed by atoms with Crippen LogP contribution in [-0.2, 0) is 17.6 Å². The molecule has 174 valence electrons. The van der Waals surface area contributed by atoms with Crippen LogP contribution < -0.4 is 15.8 Å². The second-order valence-corrected chi connectivity index (χ2v) is 9.60. The summed E-state index contributed by atoms with van der Waals surface area (Å²) < 4.78 is 1.49. The smallest absolute Gasteiger partial charge is 0.328 e. The number of carbonyl (C=O) groups is 1. The molecule has 1 aliphatic rings. The number of hydrogen-bond acceptors (Lipinski definition) is 7. The van der Waals surface area contributed by atoms with Crippen LogP contribution >= 0.6 is 11.3 Å². The Bertz CT molecular complexity index is 1250. The maximum absolute atomic E-state index is 13.3. The average molecular weight is 468 g/mol. The van der Waals surface area contributed by atoms with E-state index in [0.29, 0.717) is 29.5 Å². The van der Waals surface area contributed by atoms with Gasteiger partial charge in [0.15, 0.2) is 0 Å². The van der Waals surface area contributed by atoms with Crippen molar-refractivity contribution in [2.24, 2.45) is 0 Å². The molecule has 9 heteroatoms. The van der Waals surface area contributed by atoms with E-state index < -0.39 is 5.97 Å². The molecule has 0 saturated carbocycles. The highest BCUT2D eigenvalue weighted by Gasteiger charge is 2.24. The van der Waals surface area contributed by atoms with Crippen LogP contribution in [0, 0.1) is 0 Å². The van der Waals surface area contributed by atoms with E-state index in [-0.39, 0.29) is 11.6 Å². The zero-order valence-corrected chi connectivity index (χ0v) is 19.9. The fourth-order valence-corrected chi connectivity index (χ4v) is 4.93. The number of hydrogen-bond donors (Lipinski definition) is 2. The van der Waals surface area contributed by atoms with Gasteiger partial charge in [0.1, 0.15) is 11.5 Å². The molecule has 3 aromatic rings. The number of aromatic nitrogens is 3. The van der Waals surface area contributed by atoms with Crippen molar-refractivity contribution in [3.05, 3.63) is 62.0 Å². The lowest BCUT2D eigenvalue weighted by Gasteiger charge is -2.35. The third-order valence-corrected chi connectivity index (χ3v) is 6.79. The molecule has 0 aliphatic carbocycles. The van der Waals surface area contributed by atoms with Gasteiger partial charge in [0.25, 0.3) is 5.56 Å². The Morgan fingerprint density at radius 3 is 2.88 bits per heavy atom. The van der Waals surface area contributed by atoms with E-state index in [1.807, 2.05) is 12.1 Å². The summed E-state index contributed by atoms with van der Waals surface area (Å²) in [5, 5.41) is 15.7. The Morgan fingerprint density at radius 1 is 1.36 bits per heavy atom. The van der Waals surface area contributed by atoms with E-state index in [2.05, 4.69) is 36.4 Å². The first-order chi connectivity index (χ1) is 15.8. The molecule has 33 heavy (non-hydrogen) atoms. The summed E-state index contributed by atoms with van der Waals surface area (Å²) in [4.78, 5) is 36.0. The Hall–Kier alpha value is -3.04. The van der Waals surface area contributed by atoms with Crippen molar-refractivity contribution in [3.63, 3.8) is 0 Å². The number of thiazole rings is 1. The number of aryl methyl sites for hydroxylation is 2. The minimum Gasteiger partial charge on any atom is -0.478 e. The van der Waals surface area contributed by atoms with Gasteiger partial charge in [0.05, 0.1) is 16.3 Å². The standard InChI is InChI=1S/C24H29N5O3S/c1-15(2)19-14-33-21(26-19)6-4-17-8-10-29-20(12-17)27-23(28-11-9-25-13-16(28)3)18(24(29)32)5-7-22(30)31/h5,7-8,10,12,14-16,25H,4,6,9,11,13H2,1-3H3,(H,30,31). The molecule has 1 atom stereocenters. The number of anilines is 1. The molecular formula is C24H29N5O3S. The number of nitrogens with one attached hydrogen (secondary N) is 1. The summed E-state index contributed by atoms with van der Waals surface area (Å²) in [6.07, 6.45) is 5.71. The number of aliphatic carboxylic acids is 1. The normalized spacial score (nSPS) is 16.8. The SMILES string of the molecule is CC(C)c1csc(CCc2ccn3c(=O)c(C=CC(=O)O)c(N4CCNCC4C)nc3c2)n1. The number of nitrogens with zero attached hydrogens (tertiary/aromatic N) is 4. The maximum atomic E-state index is 13.3. The van der Waals surface area contributed by atoms with Crippen molar-refractivity contribution in [1.82, 2.24) is 19.7 Å². The Labute approximate surface area is 196 Å². The van der Waals surface area contributed by atoms with Gasteiger partial charge in [0, 0.05) is 49.7 Å². The number of fused-ring (bicyclic) bond motifs is 1. The highest BCUT2D eigenvalue weighted by Crippen LogP contribution is 2.23. The number of pyridine rings is 1. The quantitative estimate of drug-likeness (QED) is 0.515. The van der Waals surface area contributed by atoms with Crippen molar-refractivity contribution in [2.75, 3.05) is 24.5 Å². The molecule has 0 amide bonds. The van der Waals surface area contributed by atoms with Crippen LogP contribution in [0.2, 0.25) is 0 Å². The highest BCUT2D eigenvalue weighted by molar-refractivity contribution is 7.09. The molecular weight excluding hydrogens is 438 g/mol. The minimum absolute atomic E-state index is 0.133. The van der Waals surface area contributed by atoms with Gasteiger partial charge in [-0.15, -0.1) is 11.3 Å². The molecule has 8 nitrogen and oxygen atoms in total. The summed E-state index contributed by atoms with van der Waals surface area (Å²) in [6.45, 7) is 8.59. The van der Waals surface area contributed by atoms with E-state index in [4.69, 9.17) is 15.1 Å². The highest BCUT2D eigenvalue weighted by atomic mass is 32.1. The van der Waals surface area contributed by atoms with Crippen LogP contribution in [0.4, 0.5) is 5.82 Å². The summed E-state index contributed by atoms with van der Waals surface area (Å²) in [7, 11) is 0. The summed E-state index contributed by atoms with van der Waals surface area (Å²) in [6, 6.07) is 4.00. The predicted molar refractivity (Wildman–Crippen MR) is 131 cm³/mol. The molecule has 0 bridgehead atoms. The first-order valence-electron chi connectivity index (χ1n) is 11.2. The zero-order valence-electron chi connectivity index (χ0n) is 19.1. The number of rotatable bonds is 7. The third-order valence-electron chi connectivity index (χ3n) is 5.86. The van der Waals surface area contributed by atoms with Crippen LogP contribution in [-0.4, -0.2) is 51.1 Å². The van der Waals surface area contributed by atoms with E-state index >= 15 is 0 Å². The molecule has 3 aromatic heterocycles. The third kappa shape index (κ3) is 5.15. The molecule has 0 aromatic carbocycles. The first-order valence-corrected chi connectivity index (χ1v) is 12.1. The molecule has 4 rings (SSSR count). The molecule has 0 radical (unpaired) electrons. The van der Waals surface area contributed by atoms with Gasteiger partial charge in [-0.2, -0.15) is 0 Å². The zero-order chi connectivity index (χ0) is 23.5. The summed E-state index contributed by atoms with van der Waals surface area (Å²) in [5.74, 6) is -0.149. The van der Waals surface area contributed by atoms with Gasteiger partial charge in [-0.05, 0) is 43.0 Å². The molecule has 4 heterocycles. The predicted octanol–water partition coefficient (Wildman–Crippen LogP) is 2.96. The van der Waals surface area contributed by atoms with E-state index in [0.717, 1.165) is 48.3 Å². The van der Waals surface area contributed by atoms with Gasteiger partial charge < -0.3 is 15.3 Å². The molecule has 2 N–H and O–H groups in total. The van der Waals surface area contributed by atoms with Gasteiger partial charge >= 0.3 is 5.97 Å². The fraction of sp³-hybridized carbons (Fsp3) is 0.417. The molecule has 1 aliphatic heterocycles. The van der Waals surface area contributed by atoms with Crippen LogP contribution in [0.1, 0.15) is 48.5 Å². The van der Waals surface area contributed by atoms with Crippen molar-refractivity contribution in [3.8, 4) is 0 Å². The van der Waals surface area contributed by atoms with E-state index in [1.165, 1.54) is 10.5 Å². The topological polar surface area (TPSA) is 99.8 Å². The summed E-state index contributed by atoms with van der Waals surface area (Å²) >= 11 is 1.68. The molecule has 1 saturated heterocycles.